The number of rotatable bonds is 5. The molecule has 4 rings (SSSR count). The fourth-order valence-corrected chi connectivity index (χ4v) is 4.73. The van der Waals surface area contributed by atoms with E-state index in [1.54, 1.807) is 24.4 Å². The molecule has 0 radical (unpaired) electrons. The maximum atomic E-state index is 13.2. The van der Waals surface area contributed by atoms with E-state index in [-0.39, 0.29) is 11.4 Å². The summed E-state index contributed by atoms with van der Waals surface area (Å²) in [4.78, 5) is 28.0. The smallest absolute Gasteiger partial charge is 0.296 e. The number of hydrogen-bond acceptors (Lipinski definition) is 7. The lowest BCUT2D eigenvalue weighted by molar-refractivity contribution is -0.117. The molecule has 1 aromatic carbocycles. The largest absolute Gasteiger partial charge is 0.503 e. The molecule has 3 heterocycles. The van der Waals surface area contributed by atoms with Crippen LogP contribution in [-0.4, -0.2) is 27.0 Å². The fourth-order valence-electron chi connectivity index (χ4n) is 3.34. The Balaban J connectivity index is 1.85. The van der Waals surface area contributed by atoms with Gasteiger partial charge in [0.05, 0.1) is 16.5 Å². The summed E-state index contributed by atoms with van der Waals surface area (Å²) >= 11 is 2.52. The van der Waals surface area contributed by atoms with Crippen molar-refractivity contribution in [3.05, 3.63) is 74.1 Å². The van der Waals surface area contributed by atoms with Crippen LogP contribution in [0, 0.1) is 6.92 Å². The molecule has 0 saturated heterocycles. The van der Waals surface area contributed by atoms with Crippen molar-refractivity contribution < 1.29 is 14.7 Å². The van der Waals surface area contributed by atoms with Crippen molar-refractivity contribution in [2.75, 3.05) is 4.90 Å². The predicted molar refractivity (Wildman–Crippen MR) is 114 cm³/mol. The summed E-state index contributed by atoms with van der Waals surface area (Å²) in [6.45, 7) is 5.99. The van der Waals surface area contributed by atoms with Gasteiger partial charge in [-0.3, -0.25) is 14.5 Å². The molecule has 29 heavy (non-hydrogen) atoms. The molecule has 0 bridgehead atoms. The van der Waals surface area contributed by atoms with E-state index < -0.39 is 17.7 Å². The number of benzene rings is 1. The summed E-state index contributed by atoms with van der Waals surface area (Å²) in [5.41, 5.74) is 1.96. The molecule has 0 aliphatic carbocycles. The first kappa shape index (κ1) is 19.5. The second kappa shape index (κ2) is 7.53. The quantitative estimate of drug-likeness (QED) is 0.593. The minimum Gasteiger partial charge on any atom is -0.503 e. The molecule has 0 saturated carbocycles. The zero-order chi connectivity index (χ0) is 20.7. The van der Waals surface area contributed by atoms with E-state index in [1.807, 2.05) is 24.3 Å². The van der Waals surface area contributed by atoms with Gasteiger partial charge in [-0.1, -0.05) is 55.5 Å². The average Bonchev–Trinajstić information content (AvgIpc) is 3.43. The van der Waals surface area contributed by atoms with Gasteiger partial charge in [0.1, 0.15) is 5.01 Å². The lowest BCUT2D eigenvalue weighted by atomic mass is 9.93. The topological polar surface area (TPSA) is 83.4 Å². The summed E-state index contributed by atoms with van der Waals surface area (Å²) in [7, 11) is 0. The van der Waals surface area contributed by atoms with Gasteiger partial charge in [-0.2, -0.15) is 0 Å². The zero-order valence-electron chi connectivity index (χ0n) is 16.1. The summed E-state index contributed by atoms with van der Waals surface area (Å²) in [5.74, 6) is -1.17. The van der Waals surface area contributed by atoms with Gasteiger partial charge in [0.15, 0.2) is 5.76 Å². The Morgan fingerprint density at radius 3 is 2.45 bits per heavy atom. The molecule has 8 heteroatoms. The highest BCUT2D eigenvalue weighted by molar-refractivity contribution is 7.15. The Hall–Kier alpha value is -2.84. The standard InChI is InChI=1S/C21H19N3O3S2/c1-11(2)13-6-8-14(9-7-13)17-16(18(25)15-5-4-10-28-15)19(26)20(27)24(17)21-23-22-12(3)29-21/h4-11,17,26H,1-3H3/t17-/m1/s1. The normalized spacial score (nSPS) is 16.9. The number of aryl methyl sites for hydroxylation is 1. The number of aliphatic hydroxyl groups excluding tert-OH is 1. The molecule has 0 fully saturated rings. The maximum Gasteiger partial charge on any atom is 0.296 e. The Kier molecular flexibility index (Phi) is 5.06. The molecule has 6 nitrogen and oxygen atoms in total. The predicted octanol–water partition coefficient (Wildman–Crippen LogP) is 4.81. The third-order valence-electron chi connectivity index (χ3n) is 4.84. The van der Waals surface area contributed by atoms with Gasteiger partial charge in [-0.05, 0) is 35.4 Å². The molecule has 148 valence electrons. The monoisotopic (exact) mass is 425 g/mol. The Morgan fingerprint density at radius 2 is 1.90 bits per heavy atom. The highest BCUT2D eigenvalue weighted by Gasteiger charge is 2.46. The Morgan fingerprint density at radius 1 is 1.17 bits per heavy atom. The number of thiophene rings is 1. The number of amides is 1. The summed E-state index contributed by atoms with van der Waals surface area (Å²) in [6.07, 6.45) is 0. The highest BCUT2D eigenvalue weighted by Crippen LogP contribution is 2.43. The van der Waals surface area contributed by atoms with Crippen molar-refractivity contribution in [1.29, 1.82) is 0 Å². The zero-order valence-corrected chi connectivity index (χ0v) is 17.8. The molecule has 0 unspecified atom stereocenters. The van der Waals surface area contributed by atoms with E-state index in [1.165, 1.54) is 27.6 Å². The fraction of sp³-hybridized carbons (Fsp3) is 0.238. The molecule has 1 N–H and O–H groups in total. The number of carbonyl (C=O) groups is 2. The van der Waals surface area contributed by atoms with Crippen molar-refractivity contribution in [2.45, 2.75) is 32.7 Å². The molecule has 2 aromatic heterocycles. The number of aromatic nitrogens is 2. The lowest BCUT2D eigenvalue weighted by Gasteiger charge is -2.24. The number of anilines is 1. The van der Waals surface area contributed by atoms with Crippen LogP contribution in [-0.2, 0) is 4.79 Å². The van der Waals surface area contributed by atoms with Crippen molar-refractivity contribution in [2.24, 2.45) is 0 Å². The summed E-state index contributed by atoms with van der Waals surface area (Å²) in [6, 6.07) is 10.5. The van der Waals surface area contributed by atoms with Crippen LogP contribution in [0.3, 0.4) is 0 Å². The number of carbonyl (C=O) groups excluding carboxylic acids is 2. The third kappa shape index (κ3) is 3.38. The summed E-state index contributed by atoms with van der Waals surface area (Å²) in [5, 5.41) is 21.6. The SMILES string of the molecule is Cc1nnc(N2C(=O)C(O)=C(C(=O)c3cccs3)[C@H]2c2ccc(C(C)C)cc2)s1. The molecule has 3 aromatic rings. The van der Waals surface area contributed by atoms with E-state index >= 15 is 0 Å². The number of ketones is 1. The second-order valence-electron chi connectivity index (χ2n) is 7.07. The molecule has 1 aliphatic heterocycles. The van der Waals surface area contributed by atoms with E-state index in [4.69, 9.17) is 0 Å². The van der Waals surface area contributed by atoms with Crippen LogP contribution < -0.4 is 4.90 Å². The van der Waals surface area contributed by atoms with E-state index in [2.05, 4.69) is 24.0 Å². The van der Waals surface area contributed by atoms with Crippen LogP contribution in [0.25, 0.3) is 0 Å². The number of nitrogens with zero attached hydrogens (tertiary/aromatic N) is 3. The first-order valence-electron chi connectivity index (χ1n) is 9.13. The van der Waals surface area contributed by atoms with Gasteiger partial charge in [-0.15, -0.1) is 21.5 Å². The first-order chi connectivity index (χ1) is 13.9. The number of hydrogen-bond donors (Lipinski definition) is 1. The van der Waals surface area contributed by atoms with Gasteiger partial charge >= 0.3 is 0 Å². The van der Waals surface area contributed by atoms with Crippen LogP contribution in [0.1, 0.15) is 51.6 Å². The van der Waals surface area contributed by atoms with Crippen molar-refractivity contribution in [3.8, 4) is 0 Å². The van der Waals surface area contributed by atoms with Crippen molar-refractivity contribution >= 4 is 39.5 Å². The summed E-state index contributed by atoms with van der Waals surface area (Å²) < 4.78 is 0. The lowest BCUT2D eigenvalue weighted by Crippen LogP contribution is -2.31. The third-order valence-corrected chi connectivity index (χ3v) is 6.54. The Labute approximate surface area is 176 Å². The van der Waals surface area contributed by atoms with Gasteiger partial charge in [-0.25, -0.2) is 0 Å². The first-order valence-corrected chi connectivity index (χ1v) is 10.8. The maximum absolute atomic E-state index is 13.2. The van der Waals surface area contributed by atoms with Crippen molar-refractivity contribution in [1.82, 2.24) is 10.2 Å². The molecular formula is C21H19N3O3S2. The van der Waals surface area contributed by atoms with Crippen molar-refractivity contribution in [3.63, 3.8) is 0 Å². The molecule has 1 aliphatic rings. The van der Waals surface area contributed by atoms with E-state index in [0.717, 1.165) is 11.1 Å². The van der Waals surface area contributed by atoms with Crippen LogP contribution in [0.4, 0.5) is 5.13 Å². The molecule has 0 spiro atoms. The van der Waals surface area contributed by atoms with Gasteiger partial charge in [0.2, 0.25) is 10.9 Å². The van der Waals surface area contributed by atoms with Gasteiger partial charge < -0.3 is 5.11 Å². The van der Waals surface area contributed by atoms with E-state index in [0.29, 0.717) is 20.9 Å². The number of Topliss-reactive ketones (excluding diaryl/α,β-unsaturated/α-hetero) is 1. The van der Waals surface area contributed by atoms with Crippen LogP contribution >= 0.6 is 22.7 Å². The molecular weight excluding hydrogens is 406 g/mol. The minimum atomic E-state index is -0.759. The molecule has 1 amide bonds. The molecule has 1 atom stereocenters. The van der Waals surface area contributed by atoms with Gasteiger partial charge in [0, 0.05) is 0 Å². The van der Waals surface area contributed by atoms with E-state index in [9.17, 15) is 14.7 Å². The minimum absolute atomic E-state index is 0.0719. The Bertz CT molecular complexity index is 1100. The number of aliphatic hydroxyl groups is 1. The average molecular weight is 426 g/mol. The highest BCUT2D eigenvalue weighted by atomic mass is 32.1. The van der Waals surface area contributed by atoms with Crippen LogP contribution in [0.2, 0.25) is 0 Å². The van der Waals surface area contributed by atoms with Gasteiger partial charge in [0.25, 0.3) is 5.91 Å². The second-order valence-corrected chi connectivity index (χ2v) is 9.18. The van der Waals surface area contributed by atoms with Crippen LogP contribution in [0.5, 0.6) is 0 Å². The van der Waals surface area contributed by atoms with Crippen LogP contribution in [0.15, 0.2) is 53.1 Å².